The number of benzene rings is 3. The molecule has 6 rings (SSSR count). The standard InChI is InChI=1S/C27H29N2O3/c30-27(23-7-3-1-4-8-23,24-9-5-2-6-10-24)26-15-18-29(19-16-26,20-17-26)21-22-11-13-25(14-12-22)28(31)32/h1-14,30H,15-21H2/q+1. The minimum atomic E-state index is -1.01. The lowest BCUT2D eigenvalue weighted by molar-refractivity contribution is -0.958. The third kappa shape index (κ3) is 3.33. The molecule has 2 bridgehead atoms. The summed E-state index contributed by atoms with van der Waals surface area (Å²) < 4.78 is 0.999. The summed E-state index contributed by atoms with van der Waals surface area (Å²) in [7, 11) is 0. The topological polar surface area (TPSA) is 63.4 Å². The molecule has 1 N–H and O–H groups in total. The number of aliphatic hydroxyl groups is 1. The fourth-order valence-corrected chi connectivity index (χ4v) is 6.09. The molecule has 0 unspecified atom stereocenters. The highest BCUT2D eigenvalue weighted by Gasteiger charge is 2.60. The Labute approximate surface area is 188 Å². The third-order valence-corrected chi connectivity index (χ3v) is 8.01. The zero-order chi connectivity index (χ0) is 22.2. The Kier molecular flexibility index (Phi) is 5.11. The summed E-state index contributed by atoms with van der Waals surface area (Å²) in [6.45, 7) is 3.93. The Morgan fingerprint density at radius 3 is 1.72 bits per heavy atom. The van der Waals surface area contributed by atoms with Gasteiger partial charge in [0.2, 0.25) is 0 Å². The average molecular weight is 430 g/mol. The van der Waals surface area contributed by atoms with Gasteiger partial charge in [-0.1, -0.05) is 60.7 Å². The highest BCUT2D eigenvalue weighted by molar-refractivity contribution is 5.39. The fraction of sp³-hybridized carbons (Fsp3) is 0.333. The van der Waals surface area contributed by atoms with E-state index in [4.69, 9.17) is 0 Å². The molecular formula is C27H29N2O3+. The van der Waals surface area contributed by atoms with Crippen molar-refractivity contribution < 1.29 is 14.5 Å². The predicted molar refractivity (Wildman–Crippen MR) is 124 cm³/mol. The highest BCUT2D eigenvalue weighted by atomic mass is 16.6. The summed E-state index contributed by atoms with van der Waals surface area (Å²) in [5, 5.41) is 23.4. The van der Waals surface area contributed by atoms with Gasteiger partial charge in [-0.05, 0) is 23.3 Å². The van der Waals surface area contributed by atoms with E-state index in [1.165, 1.54) is 0 Å². The number of nitrogens with zero attached hydrogens (tertiary/aromatic N) is 2. The molecule has 3 heterocycles. The van der Waals surface area contributed by atoms with Gasteiger partial charge in [0.1, 0.15) is 12.1 Å². The van der Waals surface area contributed by atoms with Crippen LogP contribution in [0.3, 0.4) is 0 Å². The molecule has 5 heteroatoms. The van der Waals surface area contributed by atoms with E-state index >= 15 is 0 Å². The molecule has 0 aromatic heterocycles. The van der Waals surface area contributed by atoms with E-state index in [1.807, 2.05) is 48.5 Å². The average Bonchev–Trinajstić information content (AvgIpc) is 2.86. The maximum atomic E-state index is 12.4. The molecule has 32 heavy (non-hydrogen) atoms. The zero-order valence-electron chi connectivity index (χ0n) is 18.2. The lowest BCUT2D eigenvalue weighted by atomic mass is 9.56. The van der Waals surface area contributed by atoms with E-state index in [9.17, 15) is 15.2 Å². The van der Waals surface area contributed by atoms with Gasteiger partial charge in [-0.25, -0.2) is 0 Å². The smallest absolute Gasteiger partial charge is 0.269 e. The minimum absolute atomic E-state index is 0.140. The van der Waals surface area contributed by atoms with Crippen LogP contribution in [0, 0.1) is 15.5 Å². The lowest BCUT2D eigenvalue weighted by Gasteiger charge is -2.60. The van der Waals surface area contributed by atoms with Crippen LogP contribution < -0.4 is 0 Å². The van der Waals surface area contributed by atoms with Gasteiger partial charge in [0.05, 0.1) is 24.6 Å². The van der Waals surface area contributed by atoms with Crippen molar-refractivity contribution in [3.8, 4) is 0 Å². The maximum Gasteiger partial charge on any atom is 0.269 e. The van der Waals surface area contributed by atoms with E-state index in [0.717, 1.165) is 66.6 Å². The highest BCUT2D eigenvalue weighted by Crippen LogP contribution is 2.57. The Morgan fingerprint density at radius 1 is 0.812 bits per heavy atom. The van der Waals surface area contributed by atoms with Gasteiger partial charge in [0, 0.05) is 42.4 Å². The molecule has 3 fully saturated rings. The minimum Gasteiger partial charge on any atom is -0.380 e. The molecule has 0 aliphatic carbocycles. The SMILES string of the molecule is O=[N+]([O-])c1ccc(C[N+]23CCC(C(O)(c4ccccc4)c4ccccc4)(CC2)CC3)cc1. The molecule has 0 amide bonds. The van der Waals surface area contributed by atoms with E-state index in [0.29, 0.717) is 0 Å². The molecule has 0 spiro atoms. The summed E-state index contributed by atoms with van der Waals surface area (Å²) >= 11 is 0. The number of hydrogen-bond acceptors (Lipinski definition) is 3. The Bertz CT molecular complexity index is 1030. The molecule has 164 valence electrons. The van der Waals surface area contributed by atoms with Gasteiger partial charge in [-0.15, -0.1) is 0 Å². The van der Waals surface area contributed by atoms with Crippen LogP contribution in [0.5, 0.6) is 0 Å². The van der Waals surface area contributed by atoms with Crippen molar-refractivity contribution in [2.24, 2.45) is 5.41 Å². The van der Waals surface area contributed by atoms with Crippen molar-refractivity contribution in [2.45, 2.75) is 31.4 Å². The number of nitro benzene ring substituents is 1. The van der Waals surface area contributed by atoms with E-state index in [-0.39, 0.29) is 16.0 Å². The number of hydrogen-bond donors (Lipinski definition) is 1. The van der Waals surface area contributed by atoms with Crippen LogP contribution in [0.15, 0.2) is 84.9 Å². The first-order valence-electron chi connectivity index (χ1n) is 11.4. The zero-order valence-corrected chi connectivity index (χ0v) is 18.2. The molecule has 3 saturated heterocycles. The Balaban J connectivity index is 1.43. The molecule has 0 radical (unpaired) electrons. The lowest BCUT2D eigenvalue weighted by Crippen LogP contribution is -2.66. The first-order valence-corrected chi connectivity index (χ1v) is 11.4. The predicted octanol–water partition coefficient (Wildman–Crippen LogP) is 5.03. The van der Waals surface area contributed by atoms with Crippen LogP contribution in [0.1, 0.15) is 36.0 Å². The van der Waals surface area contributed by atoms with Gasteiger partial charge in [0.25, 0.3) is 5.69 Å². The molecule has 0 saturated carbocycles. The quantitative estimate of drug-likeness (QED) is 0.340. The summed E-state index contributed by atoms with van der Waals surface area (Å²) in [4.78, 5) is 10.6. The molecule has 0 atom stereocenters. The van der Waals surface area contributed by atoms with Gasteiger partial charge in [-0.3, -0.25) is 10.1 Å². The van der Waals surface area contributed by atoms with Gasteiger partial charge in [-0.2, -0.15) is 0 Å². The van der Waals surface area contributed by atoms with Crippen molar-refractivity contribution in [2.75, 3.05) is 19.6 Å². The second kappa shape index (κ2) is 7.84. The van der Waals surface area contributed by atoms with E-state index < -0.39 is 5.60 Å². The first kappa shape index (κ1) is 20.9. The van der Waals surface area contributed by atoms with Crippen molar-refractivity contribution >= 4 is 5.69 Å². The van der Waals surface area contributed by atoms with E-state index in [1.54, 1.807) is 12.1 Å². The summed E-state index contributed by atoms with van der Waals surface area (Å²) in [6.07, 6.45) is 2.88. The van der Waals surface area contributed by atoms with Crippen molar-refractivity contribution in [1.29, 1.82) is 0 Å². The van der Waals surface area contributed by atoms with Crippen LogP contribution in [-0.4, -0.2) is 34.1 Å². The largest absolute Gasteiger partial charge is 0.380 e. The van der Waals surface area contributed by atoms with Gasteiger partial charge in [0.15, 0.2) is 0 Å². The number of fused-ring (bicyclic) bond motifs is 3. The molecule has 3 aromatic carbocycles. The monoisotopic (exact) mass is 429 g/mol. The molecular weight excluding hydrogens is 400 g/mol. The maximum absolute atomic E-state index is 12.4. The van der Waals surface area contributed by atoms with Crippen molar-refractivity contribution in [3.63, 3.8) is 0 Å². The molecule has 5 nitrogen and oxygen atoms in total. The van der Waals surface area contributed by atoms with Crippen LogP contribution in [-0.2, 0) is 12.1 Å². The first-order chi connectivity index (χ1) is 15.5. The van der Waals surface area contributed by atoms with Crippen molar-refractivity contribution in [3.05, 3.63) is 112 Å². The fourth-order valence-electron chi connectivity index (χ4n) is 6.09. The number of non-ortho nitro benzene ring substituents is 1. The van der Waals surface area contributed by atoms with Gasteiger partial charge < -0.3 is 9.59 Å². The Hall–Kier alpha value is -3.02. The molecule has 3 aliphatic rings. The molecule has 3 aromatic rings. The second-order valence-electron chi connectivity index (χ2n) is 9.57. The summed E-state index contributed by atoms with van der Waals surface area (Å²) in [5.41, 5.74) is 2.03. The summed E-state index contributed by atoms with van der Waals surface area (Å²) in [5.74, 6) is 0. The summed E-state index contributed by atoms with van der Waals surface area (Å²) in [6, 6.07) is 27.3. The van der Waals surface area contributed by atoms with Crippen LogP contribution in [0.25, 0.3) is 0 Å². The Morgan fingerprint density at radius 2 is 1.28 bits per heavy atom. The van der Waals surface area contributed by atoms with Gasteiger partial charge >= 0.3 is 0 Å². The number of nitro groups is 1. The number of rotatable bonds is 6. The second-order valence-corrected chi connectivity index (χ2v) is 9.57. The normalized spacial score (nSPS) is 24.9. The number of quaternary nitrogens is 1. The van der Waals surface area contributed by atoms with Crippen LogP contribution in [0.2, 0.25) is 0 Å². The van der Waals surface area contributed by atoms with E-state index in [2.05, 4.69) is 24.3 Å². The van der Waals surface area contributed by atoms with Crippen LogP contribution >= 0.6 is 0 Å². The van der Waals surface area contributed by atoms with Crippen molar-refractivity contribution in [1.82, 2.24) is 0 Å². The van der Waals surface area contributed by atoms with Crippen LogP contribution in [0.4, 0.5) is 5.69 Å². The number of piperidine rings is 3. The third-order valence-electron chi connectivity index (χ3n) is 8.01. The molecule has 3 aliphatic heterocycles.